The number of aromatic nitrogens is 2. The van der Waals surface area contributed by atoms with Crippen LogP contribution in [0.2, 0.25) is 5.02 Å². The summed E-state index contributed by atoms with van der Waals surface area (Å²) < 4.78 is 0. The van der Waals surface area contributed by atoms with Crippen LogP contribution in [0.25, 0.3) is 0 Å². The fourth-order valence-corrected chi connectivity index (χ4v) is 3.41. The van der Waals surface area contributed by atoms with Gasteiger partial charge in [0, 0.05) is 35.9 Å². The van der Waals surface area contributed by atoms with E-state index >= 15 is 0 Å². The molecule has 0 radical (unpaired) electrons. The van der Waals surface area contributed by atoms with Crippen LogP contribution < -0.4 is 10.2 Å². The third-order valence-electron chi connectivity index (χ3n) is 4.60. The minimum atomic E-state index is 0.595. The normalized spacial score (nSPS) is 17.8. The van der Waals surface area contributed by atoms with Crippen LogP contribution in [0.3, 0.4) is 0 Å². The van der Waals surface area contributed by atoms with E-state index < -0.39 is 0 Å². The van der Waals surface area contributed by atoms with Crippen molar-refractivity contribution in [2.24, 2.45) is 0 Å². The first kappa shape index (κ1) is 17.0. The molecular weight excluding hydrogens is 320 g/mol. The number of anilines is 2. The van der Waals surface area contributed by atoms with Gasteiger partial charge in [0.1, 0.15) is 5.82 Å². The summed E-state index contributed by atoms with van der Waals surface area (Å²) in [7, 11) is 0. The van der Waals surface area contributed by atoms with Gasteiger partial charge in [-0.25, -0.2) is 4.98 Å². The third kappa shape index (κ3) is 4.18. The number of nitrogens with zero attached hydrogens (tertiary/aromatic N) is 3. The molecule has 24 heavy (non-hydrogen) atoms. The van der Waals surface area contributed by atoms with Crippen LogP contribution in [0.5, 0.6) is 0 Å². The molecule has 1 aromatic carbocycles. The summed E-state index contributed by atoms with van der Waals surface area (Å²) in [5, 5.41) is 4.09. The van der Waals surface area contributed by atoms with E-state index in [9.17, 15) is 0 Å². The van der Waals surface area contributed by atoms with E-state index in [0.717, 1.165) is 35.1 Å². The summed E-state index contributed by atoms with van der Waals surface area (Å²) in [6, 6.07) is 10.5. The summed E-state index contributed by atoms with van der Waals surface area (Å²) >= 11 is 5.93. The Morgan fingerprint density at radius 1 is 1.21 bits per heavy atom. The molecule has 0 bridgehead atoms. The van der Waals surface area contributed by atoms with E-state index in [1.54, 1.807) is 0 Å². The van der Waals surface area contributed by atoms with Crippen LogP contribution in [0.15, 0.2) is 30.3 Å². The Balaban J connectivity index is 1.74. The van der Waals surface area contributed by atoms with E-state index in [-0.39, 0.29) is 0 Å². The molecule has 1 N–H and O–H groups in total. The molecule has 1 aliphatic rings. The van der Waals surface area contributed by atoms with Crippen molar-refractivity contribution in [1.29, 1.82) is 0 Å². The Kier molecular flexibility index (Phi) is 5.56. The lowest BCUT2D eigenvalue weighted by Crippen LogP contribution is -2.39. The molecule has 1 atom stereocenters. The van der Waals surface area contributed by atoms with Crippen molar-refractivity contribution in [1.82, 2.24) is 9.97 Å². The van der Waals surface area contributed by atoms with Crippen molar-refractivity contribution in [3.8, 4) is 0 Å². The highest BCUT2D eigenvalue weighted by atomic mass is 35.5. The van der Waals surface area contributed by atoms with Gasteiger partial charge < -0.3 is 10.2 Å². The molecule has 0 spiro atoms. The molecule has 2 aromatic rings. The number of hydrogen-bond acceptors (Lipinski definition) is 4. The molecule has 1 aliphatic heterocycles. The number of piperidine rings is 1. The lowest BCUT2D eigenvalue weighted by atomic mass is 10.00. The summed E-state index contributed by atoms with van der Waals surface area (Å²) in [5.41, 5.74) is 2.16. The zero-order valence-electron chi connectivity index (χ0n) is 14.4. The predicted molar refractivity (Wildman–Crippen MR) is 101 cm³/mol. The quantitative estimate of drug-likeness (QED) is 0.844. The van der Waals surface area contributed by atoms with Crippen LogP contribution in [0.1, 0.15) is 43.9 Å². The summed E-state index contributed by atoms with van der Waals surface area (Å²) in [4.78, 5) is 11.8. The van der Waals surface area contributed by atoms with Gasteiger partial charge in [0.2, 0.25) is 5.95 Å². The van der Waals surface area contributed by atoms with Crippen molar-refractivity contribution in [3.05, 3.63) is 46.6 Å². The number of nitrogens with one attached hydrogen (secondary N) is 1. The maximum Gasteiger partial charge on any atom is 0.225 e. The maximum atomic E-state index is 5.93. The van der Waals surface area contributed by atoms with Crippen molar-refractivity contribution < 1.29 is 0 Å². The first-order chi connectivity index (χ1) is 11.7. The lowest BCUT2D eigenvalue weighted by molar-refractivity contribution is 0.446. The summed E-state index contributed by atoms with van der Waals surface area (Å²) in [6.45, 7) is 6.07. The van der Waals surface area contributed by atoms with Crippen LogP contribution in [-0.4, -0.2) is 22.6 Å². The first-order valence-electron chi connectivity index (χ1n) is 8.76. The highest BCUT2D eigenvalue weighted by Crippen LogP contribution is 2.26. The zero-order chi connectivity index (χ0) is 16.9. The molecule has 3 rings (SSSR count). The van der Waals surface area contributed by atoms with Gasteiger partial charge in [0.05, 0.1) is 0 Å². The Hall–Kier alpha value is -1.81. The number of hydrogen-bond donors (Lipinski definition) is 1. The van der Waals surface area contributed by atoms with Gasteiger partial charge >= 0.3 is 0 Å². The molecule has 0 saturated carbocycles. The van der Waals surface area contributed by atoms with Gasteiger partial charge in [0.15, 0.2) is 0 Å². The van der Waals surface area contributed by atoms with Crippen LogP contribution in [-0.2, 0) is 6.54 Å². The largest absolute Gasteiger partial charge is 0.353 e. The smallest absolute Gasteiger partial charge is 0.225 e. The van der Waals surface area contributed by atoms with E-state index in [1.165, 1.54) is 19.3 Å². The van der Waals surface area contributed by atoms with Crippen LogP contribution in [0.4, 0.5) is 11.8 Å². The second-order valence-electron chi connectivity index (χ2n) is 6.42. The number of aryl methyl sites for hydroxylation is 1. The fraction of sp³-hybridized carbons (Fsp3) is 0.474. The van der Waals surface area contributed by atoms with Crippen molar-refractivity contribution in [2.45, 2.75) is 52.1 Å². The average Bonchev–Trinajstić information content (AvgIpc) is 2.61. The second kappa shape index (κ2) is 7.84. The molecule has 0 amide bonds. The minimum Gasteiger partial charge on any atom is -0.353 e. The Bertz CT molecular complexity index is 672. The number of halogens is 1. The van der Waals surface area contributed by atoms with Gasteiger partial charge in [-0.05, 0) is 50.3 Å². The molecule has 1 unspecified atom stereocenters. The van der Waals surface area contributed by atoms with Gasteiger partial charge in [-0.15, -0.1) is 0 Å². The van der Waals surface area contributed by atoms with E-state index in [2.05, 4.69) is 28.2 Å². The van der Waals surface area contributed by atoms with E-state index in [1.807, 2.05) is 31.2 Å². The van der Waals surface area contributed by atoms with Crippen molar-refractivity contribution >= 4 is 23.4 Å². The lowest BCUT2D eigenvalue weighted by Gasteiger charge is -2.36. The van der Waals surface area contributed by atoms with Gasteiger partial charge in [-0.2, -0.15) is 4.98 Å². The molecule has 1 aromatic heterocycles. The Labute approximate surface area is 149 Å². The molecule has 128 valence electrons. The predicted octanol–water partition coefficient (Wildman–Crippen LogP) is 4.82. The van der Waals surface area contributed by atoms with Gasteiger partial charge in [-0.3, -0.25) is 0 Å². The van der Waals surface area contributed by atoms with Gasteiger partial charge in [-0.1, -0.05) is 30.7 Å². The van der Waals surface area contributed by atoms with E-state index in [4.69, 9.17) is 16.6 Å². The van der Waals surface area contributed by atoms with Gasteiger partial charge in [0.25, 0.3) is 0 Å². The maximum absolute atomic E-state index is 5.93. The highest BCUT2D eigenvalue weighted by Gasteiger charge is 2.22. The fourth-order valence-electron chi connectivity index (χ4n) is 3.29. The molecule has 1 fully saturated rings. The average molecular weight is 345 g/mol. The zero-order valence-corrected chi connectivity index (χ0v) is 15.2. The molecule has 5 heteroatoms. The first-order valence-corrected chi connectivity index (χ1v) is 9.14. The highest BCUT2D eigenvalue weighted by molar-refractivity contribution is 6.30. The molecule has 0 aliphatic carbocycles. The summed E-state index contributed by atoms with van der Waals surface area (Å²) in [6.07, 6.45) is 4.98. The number of benzene rings is 1. The Morgan fingerprint density at radius 3 is 2.75 bits per heavy atom. The molecule has 2 heterocycles. The topological polar surface area (TPSA) is 41.1 Å². The second-order valence-corrected chi connectivity index (χ2v) is 6.86. The standard InChI is InChI=1S/C19H25ClN4/c1-3-17-6-4-5-11-24(17)18-12-14(2)22-19(23-18)21-13-15-7-9-16(20)10-8-15/h7-10,12,17H,3-6,11,13H2,1-2H3,(H,21,22,23). The van der Waals surface area contributed by atoms with Crippen molar-refractivity contribution in [2.75, 3.05) is 16.8 Å². The van der Waals surface area contributed by atoms with Crippen molar-refractivity contribution in [3.63, 3.8) is 0 Å². The summed E-state index contributed by atoms with van der Waals surface area (Å²) in [5.74, 6) is 1.74. The monoisotopic (exact) mass is 344 g/mol. The molecule has 4 nitrogen and oxygen atoms in total. The molecular formula is C19H25ClN4. The third-order valence-corrected chi connectivity index (χ3v) is 4.85. The van der Waals surface area contributed by atoms with Crippen LogP contribution >= 0.6 is 11.6 Å². The SMILES string of the molecule is CCC1CCCCN1c1cc(C)nc(NCc2ccc(Cl)cc2)n1. The Morgan fingerprint density at radius 2 is 2.00 bits per heavy atom. The number of rotatable bonds is 5. The van der Waals surface area contributed by atoms with E-state index in [0.29, 0.717) is 18.5 Å². The minimum absolute atomic E-state index is 0.595. The molecule has 1 saturated heterocycles. The van der Waals surface area contributed by atoms with Crippen LogP contribution in [0, 0.1) is 6.92 Å².